The summed E-state index contributed by atoms with van der Waals surface area (Å²) in [6, 6.07) is 13.4. The van der Waals surface area contributed by atoms with E-state index in [9.17, 15) is 4.79 Å². The number of aryl methyl sites for hydroxylation is 2. The number of nitrogens with one attached hydrogen (secondary N) is 1. The third-order valence-corrected chi connectivity index (χ3v) is 4.39. The Labute approximate surface area is 162 Å². The van der Waals surface area contributed by atoms with Gasteiger partial charge in [0.1, 0.15) is 11.5 Å². The van der Waals surface area contributed by atoms with Crippen LogP contribution in [0.25, 0.3) is 0 Å². The first kappa shape index (κ1) is 20.8. The number of anilines is 1. The summed E-state index contributed by atoms with van der Waals surface area (Å²) in [4.78, 5) is 12.2. The fourth-order valence-corrected chi connectivity index (χ4v) is 2.92. The molecule has 0 saturated heterocycles. The second kappa shape index (κ2) is 11.3. The maximum absolute atomic E-state index is 12.2. The van der Waals surface area contributed by atoms with Crippen LogP contribution >= 0.6 is 0 Å². The van der Waals surface area contributed by atoms with Gasteiger partial charge in [-0.3, -0.25) is 4.79 Å². The Morgan fingerprint density at radius 3 is 2.37 bits per heavy atom. The van der Waals surface area contributed by atoms with E-state index < -0.39 is 0 Å². The molecular weight excluding hydrogens is 338 g/mol. The number of ether oxygens (including phenoxy) is 2. The summed E-state index contributed by atoms with van der Waals surface area (Å²) in [6.07, 6.45) is 6.04. The van der Waals surface area contributed by atoms with Crippen LogP contribution in [0.5, 0.6) is 11.5 Å². The van der Waals surface area contributed by atoms with Crippen molar-refractivity contribution in [3.05, 3.63) is 53.6 Å². The van der Waals surface area contributed by atoms with Crippen molar-refractivity contribution >= 4 is 11.6 Å². The van der Waals surface area contributed by atoms with Crippen molar-refractivity contribution in [1.82, 2.24) is 0 Å². The van der Waals surface area contributed by atoms with Crippen molar-refractivity contribution < 1.29 is 14.3 Å². The third-order valence-electron chi connectivity index (χ3n) is 4.39. The van der Waals surface area contributed by atoms with Gasteiger partial charge in [0, 0.05) is 11.8 Å². The molecule has 2 rings (SSSR count). The van der Waals surface area contributed by atoms with Gasteiger partial charge >= 0.3 is 0 Å². The minimum atomic E-state index is -0.186. The van der Waals surface area contributed by atoms with Crippen LogP contribution in [0, 0.1) is 13.8 Å². The highest BCUT2D eigenvalue weighted by atomic mass is 16.5. The Bertz CT molecular complexity index is 707. The van der Waals surface area contributed by atoms with Gasteiger partial charge in [-0.25, -0.2) is 0 Å². The zero-order chi connectivity index (χ0) is 19.5. The second-order valence-corrected chi connectivity index (χ2v) is 6.85. The maximum Gasteiger partial charge on any atom is 0.262 e. The molecule has 0 saturated carbocycles. The fourth-order valence-electron chi connectivity index (χ4n) is 2.92. The molecule has 0 aliphatic rings. The monoisotopic (exact) mass is 369 g/mol. The summed E-state index contributed by atoms with van der Waals surface area (Å²) in [7, 11) is 0. The average molecular weight is 370 g/mol. The van der Waals surface area contributed by atoms with Crippen LogP contribution in [0.3, 0.4) is 0 Å². The summed E-state index contributed by atoms with van der Waals surface area (Å²) in [5.41, 5.74) is 2.77. The van der Waals surface area contributed by atoms with Crippen LogP contribution in [0.4, 0.5) is 5.69 Å². The summed E-state index contributed by atoms with van der Waals surface area (Å²) in [5.74, 6) is 1.36. The van der Waals surface area contributed by atoms with Gasteiger partial charge in [0.2, 0.25) is 0 Å². The zero-order valence-corrected chi connectivity index (χ0v) is 16.7. The van der Waals surface area contributed by atoms with E-state index >= 15 is 0 Å². The quantitative estimate of drug-likeness (QED) is 0.519. The standard InChI is InChI=1S/C23H31NO3/c1-4-5-6-7-8-15-26-21-14-10-13-20(16-21)24-22(25)17-27-23-18(2)11-9-12-19(23)3/h9-14,16H,4-8,15,17H2,1-3H3,(H,24,25). The summed E-state index contributed by atoms with van der Waals surface area (Å²) < 4.78 is 11.5. The lowest BCUT2D eigenvalue weighted by Crippen LogP contribution is -2.20. The number of carbonyl (C=O) groups excluding carboxylic acids is 1. The van der Waals surface area contributed by atoms with Crippen LogP contribution in [0.1, 0.15) is 50.2 Å². The number of hydrogen-bond donors (Lipinski definition) is 1. The predicted octanol–water partition coefficient (Wildman–Crippen LogP) is 5.67. The van der Waals surface area contributed by atoms with Crippen molar-refractivity contribution in [2.45, 2.75) is 52.9 Å². The smallest absolute Gasteiger partial charge is 0.262 e. The molecule has 146 valence electrons. The average Bonchev–Trinajstić information content (AvgIpc) is 2.64. The van der Waals surface area contributed by atoms with Crippen molar-refractivity contribution in [2.24, 2.45) is 0 Å². The molecule has 0 atom stereocenters. The van der Waals surface area contributed by atoms with Crippen LogP contribution < -0.4 is 14.8 Å². The van der Waals surface area contributed by atoms with Crippen LogP contribution in [0.15, 0.2) is 42.5 Å². The van der Waals surface area contributed by atoms with E-state index in [1.54, 1.807) is 0 Å². The molecule has 0 aliphatic carbocycles. The highest BCUT2D eigenvalue weighted by Crippen LogP contribution is 2.22. The Hall–Kier alpha value is -2.49. The Morgan fingerprint density at radius 2 is 1.63 bits per heavy atom. The highest BCUT2D eigenvalue weighted by Gasteiger charge is 2.08. The van der Waals surface area contributed by atoms with Gasteiger partial charge < -0.3 is 14.8 Å². The summed E-state index contributed by atoms with van der Waals surface area (Å²) >= 11 is 0. The van der Waals surface area contributed by atoms with Crippen LogP contribution in [0.2, 0.25) is 0 Å². The first-order valence-electron chi connectivity index (χ1n) is 9.82. The van der Waals surface area contributed by atoms with Gasteiger partial charge in [-0.15, -0.1) is 0 Å². The van der Waals surface area contributed by atoms with Gasteiger partial charge in [-0.05, 0) is 43.5 Å². The highest BCUT2D eigenvalue weighted by molar-refractivity contribution is 5.92. The second-order valence-electron chi connectivity index (χ2n) is 6.85. The van der Waals surface area contributed by atoms with E-state index in [1.165, 1.54) is 25.7 Å². The molecule has 0 heterocycles. The maximum atomic E-state index is 12.2. The Kier molecular flexibility index (Phi) is 8.69. The van der Waals surface area contributed by atoms with Crippen LogP contribution in [-0.4, -0.2) is 19.1 Å². The normalized spacial score (nSPS) is 10.5. The fraction of sp³-hybridized carbons (Fsp3) is 0.435. The first-order valence-corrected chi connectivity index (χ1v) is 9.82. The summed E-state index contributed by atoms with van der Waals surface area (Å²) in [5, 5.41) is 2.87. The molecule has 0 spiro atoms. The number of para-hydroxylation sites is 1. The van der Waals surface area contributed by atoms with Crippen molar-refractivity contribution in [2.75, 3.05) is 18.5 Å². The predicted molar refractivity (Wildman–Crippen MR) is 111 cm³/mol. The topological polar surface area (TPSA) is 47.6 Å². The number of benzene rings is 2. The van der Waals surface area contributed by atoms with Gasteiger partial charge in [0.25, 0.3) is 5.91 Å². The van der Waals surface area contributed by atoms with Gasteiger partial charge in [0.05, 0.1) is 6.61 Å². The number of unbranched alkanes of at least 4 members (excludes halogenated alkanes) is 4. The van der Waals surface area contributed by atoms with E-state index in [1.807, 2.05) is 56.3 Å². The molecule has 0 unspecified atom stereocenters. The third kappa shape index (κ3) is 7.33. The van der Waals surface area contributed by atoms with E-state index in [4.69, 9.17) is 9.47 Å². The summed E-state index contributed by atoms with van der Waals surface area (Å²) in [6.45, 7) is 6.85. The number of carbonyl (C=O) groups is 1. The molecular formula is C23H31NO3. The van der Waals surface area contributed by atoms with Crippen molar-refractivity contribution in [3.8, 4) is 11.5 Å². The Balaban J connectivity index is 1.78. The lowest BCUT2D eigenvalue weighted by molar-refractivity contribution is -0.118. The molecule has 2 aromatic carbocycles. The van der Waals surface area contributed by atoms with E-state index in [0.29, 0.717) is 12.3 Å². The van der Waals surface area contributed by atoms with Crippen molar-refractivity contribution in [1.29, 1.82) is 0 Å². The van der Waals surface area contributed by atoms with E-state index in [2.05, 4.69) is 12.2 Å². The van der Waals surface area contributed by atoms with E-state index in [0.717, 1.165) is 29.0 Å². The zero-order valence-electron chi connectivity index (χ0n) is 16.7. The van der Waals surface area contributed by atoms with Gasteiger partial charge in [0.15, 0.2) is 6.61 Å². The molecule has 0 aromatic heterocycles. The molecule has 0 radical (unpaired) electrons. The number of hydrogen-bond acceptors (Lipinski definition) is 3. The SMILES string of the molecule is CCCCCCCOc1cccc(NC(=O)COc2c(C)cccc2C)c1. The molecule has 1 amide bonds. The minimum Gasteiger partial charge on any atom is -0.494 e. The lowest BCUT2D eigenvalue weighted by Gasteiger charge is -2.12. The molecule has 2 aromatic rings. The molecule has 4 nitrogen and oxygen atoms in total. The molecule has 1 N–H and O–H groups in total. The lowest BCUT2D eigenvalue weighted by atomic mass is 10.1. The number of rotatable bonds is 11. The van der Waals surface area contributed by atoms with Gasteiger partial charge in [-0.1, -0.05) is 56.9 Å². The molecule has 0 bridgehead atoms. The molecule has 27 heavy (non-hydrogen) atoms. The largest absolute Gasteiger partial charge is 0.494 e. The number of amides is 1. The molecule has 4 heteroatoms. The van der Waals surface area contributed by atoms with Crippen LogP contribution in [-0.2, 0) is 4.79 Å². The molecule has 0 fully saturated rings. The molecule has 0 aliphatic heterocycles. The Morgan fingerprint density at radius 1 is 0.926 bits per heavy atom. The van der Waals surface area contributed by atoms with E-state index in [-0.39, 0.29) is 12.5 Å². The van der Waals surface area contributed by atoms with Gasteiger partial charge in [-0.2, -0.15) is 0 Å². The first-order chi connectivity index (χ1) is 13.1. The minimum absolute atomic E-state index is 0.0196. The van der Waals surface area contributed by atoms with Crippen molar-refractivity contribution in [3.63, 3.8) is 0 Å².